The number of nitrogens with one attached hydrogen (secondary N) is 1. The van der Waals surface area contributed by atoms with Crippen molar-refractivity contribution in [3.8, 4) is 0 Å². The maximum Gasteiger partial charge on any atom is 0.282 e. The van der Waals surface area contributed by atoms with Gasteiger partial charge in [0.1, 0.15) is 6.33 Å². The summed E-state index contributed by atoms with van der Waals surface area (Å²) in [7, 11) is -3.92. The molecule has 1 aliphatic carbocycles. The Hall–Kier alpha value is -3.04. The molecule has 0 unspecified atom stereocenters. The summed E-state index contributed by atoms with van der Waals surface area (Å²) >= 11 is 1.08. The lowest BCUT2D eigenvalue weighted by atomic mass is 9.94. The van der Waals surface area contributed by atoms with Gasteiger partial charge in [-0.15, -0.1) is 0 Å². The quantitative estimate of drug-likeness (QED) is 0.727. The first-order valence-corrected chi connectivity index (χ1v) is 10.1. The highest BCUT2D eigenvalue weighted by Gasteiger charge is 2.27. The third kappa shape index (κ3) is 3.46. The number of benzene rings is 2. The first-order chi connectivity index (χ1) is 13.0. The summed E-state index contributed by atoms with van der Waals surface area (Å²) in [5.74, 6) is -0.219. The van der Waals surface area contributed by atoms with Crippen molar-refractivity contribution in [2.75, 3.05) is 0 Å². The van der Waals surface area contributed by atoms with E-state index in [9.17, 15) is 13.2 Å². The second kappa shape index (κ2) is 6.93. The summed E-state index contributed by atoms with van der Waals surface area (Å²) in [4.78, 5) is 17.2. The van der Waals surface area contributed by atoms with Crippen LogP contribution in [0.25, 0.3) is 0 Å². The standard InChI is InChI=1S/C18H12N4O3S2/c23-17-14-9-5-4-8-13(14)15(10-16(17)26-18-19-11-20-21-18)22-27(24,25)12-6-2-1-3-7-12/h1-11H,(H,19,20,21)/b22-15+. The molecule has 0 atom stereocenters. The minimum atomic E-state index is -3.92. The molecule has 27 heavy (non-hydrogen) atoms. The van der Waals surface area contributed by atoms with Crippen LogP contribution in [-0.2, 0) is 10.0 Å². The third-order valence-corrected chi connectivity index (χ3v) is 6.02. The van der Waals surface area contributed by atoms with Crippen molar-refractivity contribution in [1.29, 1.82) is 0 Å². The fraction of sp³-hybridized carbons (Fsp3) is 0. The lowest BCUT2D eigenvalue weighted by Crippen LogP contribution is -2.17. The van der Waals surface area contributed by atoms with E-state index in [0.717, 1.165) is 11.8 Å². The van der Waals surface area contributed by atoms with Gasteiger partial charge in [0.2, 0.25) is 5.78 Å². The largest absolute Gasteiger partial charge is 0.288 e. The van der Waals surface area contributed by atoms with Gasteiger partial charge in [-0.25, -0.2) is 4.98 Å². The average Bonchev–Trinajstić information content (AvgIpc) is 3.19. The summed E-state index contributed by atoms with van der Waals surface area (Å²) in [5.41, 5.74) is 1.07. The maximum absolute atomic E-state index is 12.8. The molecular weight excluding hydrogens is 384 g/mol. The molecule has 1 aromatic heterocycles. The number of allylic oxidation sites excluding steroid dienone is 2. The monoisotopic (exact) mass is 396 g/mol. The number of hydrogen-bond acceptors (Lipinski definition) is 6. The zero-order valence-electron chi connectivity index (χ0n) is 13.7. The highest BCUT2D eigenvalue weighted by molar-refractivity contribution is 8.04. The fourth-order valence-corrected chi connectivity index (χ4v) is 4.37. The molecule has 0 bridgehead atoms. The van der Waals surface area contributed by atoms with E-state index in [0.29, 0.717) is 21.2 Å². The van der Waals surface area contributed by atoms with Gasteiger partial charge in [0.25, 0.3) is 10.0 Å². The molecular formula is C18H12N4O3S2. The third-order valence-electron chi connectivity index (χ3n) is 3.80. The number of fused-ring (bicyclic) bond motifs is 1. The molecule has 0 radical (unpaired) electrons. The van der Waals surface area contributed by atoms with Crippen molar-refractivity contribution in [3.63, 3.8) is 0 Å². The van der Waals surface area contributed by atoms with Crippen LogP contribution in [0, 0.1) is 0 Å². The van der Waals surface area contributed by atoms with Gasteiger partial charge in [-0.05, 0) is 30.0 Å². The van der Waals surface area contributed by atoms with Crippen LogP contribution < -0.4 is 0 Å². The van der Waals surface area contributed by atoms with Crippen molar-refractivity contribution in [1.82, 2.24) is 15.2 Å². The molecule has 3 aromatic rings. The van der Waals surface area contributed by atoms with Gasteiger partial charge in [0.15, 0.2) is 5.16 Å². The Morgan fingerprint density at radius 1 is 0.963 bits per heavy atom. The smallest absolute Gasteiger partial charge is 0.282 e. The van der Waals surface area contributed by atoms with Crippen molar-refractivity contribution in [3.05, 3.63) is 83.0 Å². The first-order valence-electron chi connectivity index (χ1n) is 7.84. The van der Waals surface area contributed by atoms with E-state index < -0.39 is 10.0 Å². The van der Waals surface area contributed by atoms with Gasteiger partial charge in [-0.1, -0.05) is 42.5 Å². The van der Waals surface area contributed by atoms with Gasteiger partial charge in [-0.3, -0.25) is 9.89 Å². The van der Waals surface area contributed by atoms with Crippen LogP contribution in [0.15, 0.2) is 86.4 Å². The Morgan fingerprint density at radius 3 is 2.37 bits per heavy atom. The van der Waals surface area contributed by atoms with Crippen LogP contribution in [0.3, 0.4) is 0 Å². The number of hydrogen-bond donors (Lipinski definition) is 1. The normalized spacial score (nSPS) is 15.5. The molecule has 0 saturated carbocycles. The topological polar surface area (TPSA) is 105 Å². The Balaban J connectivity index is 1.84. The fourth-order valence-electron chi connectivity index (χ4n) is 2.58. The van der Waals surface area contributed by atoms with E-state index >= 15 is 0 Å². The zero-order chi connectivity index (χ0) is 18.9. The molecule has 0 spiro atoms. The first kappa shape index (κ1) is 17.4. The number of aromatic amines is 1. The molecule has 2 aromatic carbocycles. The minimum Gasteiger partial charge on any atom is -0.288 e. The summed E-state index contributed by atoms with van der Waals surface area (Å²) in [6.45, 7) is 0. The van der Waals surface area contributed by atoms with Crippen molar-refractivity contribution in [2.24, 2.45) is 4.40 Å². The number of sulfonamides is 1. The van der Waals surface area contributed by atoms with Crippen LogP contribution in [-0.4, -0.2) is 35.1 Å². The highest BCUT2D eigenvalue weighted by Crippen LogP contribution is 2.32. The molecule has 0 fully saturated rings. The zero-order valence-corrected chi connectivity index (χ0v) is 15.4. The number of Topliss-reactive ketones (excluding diaryl/α,β-unsaturated/α-hetero) is 1. The Morgan fingerprint density at radius 2 is 1.67 bits per heavy atom. The summed E-state index contributed by atoms with van der Waals surface area (Å²) in [5, 5.41) is 6.85. The van der Waals surface area contributed by atoms with Gasteiger partial charge >= 0.3 is 0 Å². The molecule has 1 N–H and O–H groups in total. The number of thioether (sulfide) groups is 1. The number of carbonyl (C=O) groups is 1. The molecule has 0 saturated heterocycles. The van der Waals surface area contributed by atoms with Crippen molar-refractivity contribution in [2.45, 2.75) is 10.1 Å². The minimum absolute atomic E-state index is 0.0877. The van der Waals surface area contributed by atoms with Crippen molar-refractivity contribution >= 4 is 33.3 Å². The summed E-state index contributed by atoms with van der Waals surface area (Å²) in [6.07, 6.45) is 2.80. The van der Waals surface area contributed by atoms with Gasteiger partial charge in [0, 0.05) is 11.1 Å². The average molecular weight is 396 g/mol. The van der Waals surface area contributed by atoms with Gasteiger partial charge in [-0.2, -0.15) is 17.9 Å². The number of carbonyl (C=O) groups excluding carboxylic acids is 1. The molecule has 0 aliphatic heterocycles. The molecule has 7 nitrogen and oxygen atoms in total. The van der Waals surface area contributed by atoms with E-state index in [1.807, 2.05) is 0 Å². The molecule has 0 amide bonds. The van der Waals surface area contributed by atoms with Gasteiger partial charge < -0.3 is 0 Å². The number of aromatic nitrogens is 3. The van der Waals surface area contributed by atoms with E-state index in [-0.39, 0.29) is 16.4 Å². The van der Waals surface area contributed by atoms with Crippen LogP contribution in [0.4, 0.5) is 0 Å². The predicted octanol–water partition coefficient (Wildman–Crippen LogP) is 2.86. The number of H-pyrrole nitrogens is 1. The maximum atomic E-state index is 12.8. The van der Waals surface area contributed by atoms with Crippen LogP contribution in [0.2, 0.25) is 0 Å². The summed E-state index contributed by atoms with van der Waals surface area (Å²) in [6, 6.07) is 14.7. The molecule has 4 rings (SSSR count). The van der Waals surface area contributed by atoms with Crippen molar-refractivity contribution < 1.29 is 13.2 Å². The molecule has 1 heterocycles. The number of nitrogens with zero attached hydrogens (tertiary/aromatic N) is 3. The number of rotatable bonds is 4. The Bertz CT molecular complexity index is 1170. The van der Waals surface area contributed by atoms with Gasteiger partial charge in [0.05, 0.1) is 15.5 Å². The molecule has 1 aliphatic rings. The van der Waals surface area contributed by atoms with Crippen LogP contribution in [0.1, 0.15) is 15.9 Å². The SMILES string of the molecule is O=C1C(Sc2ncn[nH]2)=C/C(=N\S(=O)(=O)c2ccccc2)c2ccccc21. The predicted molar refractivity (Wildman–Crippen MR) is 101 cm³/mol. The van der Waals surface area contributed by atoms with Crippen LogP contribution in [0.5, 0.6) is 0 Å². The Kier molecular flexibility index (Phi) is 4.46. The highest BCUT2D eigenvalue weighted by atomic mass is 32.2. The lowest BCUT2D eigenvalue weighted by molar-refractivity contribution is 0.104. The molecule has 9 heteroatoms. The lowest BCUT2D eigenvalue weighted by Gasteiger charge is -2.16. The second-order valence-corrected chi connectivity index (χ2v) is 8.18. The number of ketones is 1. The van der Waals surface area contributed by atoms with E-state index in [1.54, 1.807) is 42.5 Å². The molecule has 134 valence electrons. The van der Waals surface area contributed by atoms with E-state index in [4.69, 9.17) is 0 Å². The second-order valence-electron chi connectivity index (χ2n) is 5.54. The van der Waals surface area contributed by atoms with E-state index in [1.165, 1.54) is 24.5 Å². The Labute approximate surface area is 159 Å². The summed E-state index contributed by atoms with van der Waals surface area (Å²) < 4.78 is 29.4. The van der Waals surface area contributed by atoms with E-state index in [2.05, 4.69) is 19.6 Å². The van der Waals surface area contributed by atoms with Crippen LogP contribution >= 0.6 is 11.8 Å².